The number of morpholine rings is 1. The predicted molar refractivity (Wildman–Crippen MR) is 148 cm³/mol. The number of quaternary nitrogens is 1. The predicted octanol–water partition coefficient (Wildman–Crippen LogP) is 4.41. The Labute approximate surface area is 230 Å². The summed E-state index contributed by atoms with van der Waals surface area (Å²) in [5, 5.41) is 11.3. The van der Waals surface area contributed by atoms with Crippen molar-refractivity contribution < 1.29 is 23.9 Å². The molecule has 0 spiro atoms. The van der Waals surface area contributed by atoms with Crippen molar-refractivity contribution in [3.63, 3.8) is 0 Å². The fraction of sp³-hybridized carbons (Fsp3) is 0.906. The highest BCUT2D eigenvalue weighted by atomic mass is 16.5. The molecule has 6 aliphatic rings. The van der Waals surface area contributed by atoms with E-state index in [1.807, 2.05) is 0 Å². The van der Waals surface area contributed by atoms with E-state index in [9.17, 15) is 9.90 Å². The van der Waals surface area contributed by atoms with Gasteiger partial charge in [-0.05, 0) is 73.7 Å². The molecule has 0 unspecified atom stereocenters. The van der Waals surface area contributed by atoms with E-state index in [1.54, 1.807) is 6.92 Å². The lowest BCUT2D eigenvalue weighted by molar-refractivity contribution is -0.937. The molecule has 6 fully saturated rings. The van der Waals surface area contributed by atoms with Gasteiger partial charge in [-0.2, -0.15) is 0 Å². The summed E-state index contributed by atoms with van der Waals surface area (Å²) in [6, 6.07) is 0.663. The van der Waals surface area contributed by atoms with Crippen LogP contribution in [0.2, 0.25) is 0 Å². The Morgan fingerprint density at radius 2 is 1.84 bits per heavy atom. The van der Waals surface area contributed by atoms with Crippen molar-refractivity contribution in [3.05, 3.63) is 12.7 Å². The second-order valence-corrected chi connectivity index (χ2v) is 14.6. The number of carbonyl (C=O) groups is 1. The lowest BCUT2D eigenvalue weighted by Crippen LogP contribution is -2.61. The van der Waals surface area contributed by atoms with E-state index in [0.717, 1.165) is 56.6 Å². The van der Waals surface area contributed by atoms with Gasteiger partial charge in [0.25, 0.3) is 0 Å². The lowest BCUT2D eigenvalue weighted by Gasteiger charge is -2.62. The standard InChI is InChI=1S/C32H53N2O4/c1-5-14-34(15-6-7-16-34)28-20-26-24-9-8-23-19-29(36)27(33-12-17-37-18-13-33)21-32(23,4)25(24)10-11-31(26,3)30(28)38-22(2)35/h5,23-30,36H,1,6-21H2,2-4H3/q+1/t23-,24+,25-,26-,27+,28+,29+,30+,31-,32-/m0/s1. The number of aliphatic hydroxyl groups excluding tert-OH is 1. The number of hydrogen-bond acceptors (Lipinski definition) is 5. The molecule has 0 bridgehead atoms. The Morgan fingerprint density at radius 3 is 2.53 bits per heavy atom. The molecule has 1 N–H and O–H groups in total. The molecule has 4 saturated carbocycles. The molecule has 38 heavy (non-hydrogen) atoms. The molecule has 10 atom stereocenters. The molecule has 6 rings (SSSR count). The van der Waals surface area contributed by atoms with Crippen LogP contribution in [0.3, 0.4) is 0 Å². The van der Waals surface area contributed by atoms with Crippen LogP contribution in [0, 0.1) is 34.5 Å². The van der Waals surface area contributed by atoms with Crippen molar-refractivity contribution in [1.29, 1.82) is 0 Å². The molecule has 0 amide bonds. The smallest absolute Gasteiger partial charge is 0.303 e. The SMILES string of the molecule is C=CC[N+]1([C@@H]2C[C@H]3[C@@H]4CC[C@H]5C[C@@H](O)[C@H](N6CCOCC6)C[C@]5(C)[C@H]4CC[C@]3(C)[C@@H]2OC(C)=O)CCCC1. The van der Waals surface area contributed by atoms with E-state index in [-0.39, 0.29) is 35.0 Å². The molecule has 6 nitrogen and oxygen atoms in total. The maximum atomic E-state index is 12.5. The first-order valence-electron chi connectivity index (χ1n) is 15.9. The second-order valence-electron chi connectivity index (χ2n) is 14.6. The van der Waals surface area contributed by atoms with Crippen molar-refractivity contribution in [2.75, 3.05) is 45.9 Å². The summed E-state index contributed by atoms with van der Waals surface area (Å²) in [7, 11) is 0. The van der Waals surface area contributed by atoms with Crippen molar-refractivity contribution in [1.82, 2.24) is 4.90 Å². The van der Waals surface area contributed by atoms with Crippen LogP contribution in [0.15, 0.2) is 12.7 Å². The van der Waals surface area contributed by atoms with Gasteiger partial charge in [-0.25, -0.2) is 0 Å². The van der Waals surface area contributed by atoms with E-state index in [0.29, 0.717) is 29.7 Å². The highest BCUT2D eigenvalue weighted by Gasteiger charge is 2.67. The summed E-state index contributed by atoms with van der Waals surface area (Å²) in [5.74, 6) is 2.54. The second kappa shape index (κ2) is 10.2. The normalized spacial score (nSPS) is 48.5. The van der Waals surface area contributed by atoms with Crippen LogP contribution in [0.1, 0.15) is 78.6 Å². The average Bonchev–Trinajstić information content (AvgIpc) is 3.48. The molecule has 214 valence electrons. The first-order chi connectivity index (χ1) is 18.2. The number of nitrogens with zero attached hydrogens (tertiary/aromatic N) is 2. The van der Waals surface area contributed by atoms with Crippen molar-refractivity contribution in [2.24, 2.45) is 34.5 Å². The minimum Gasteiger partial charge on any atom is -0.456 e. The molecule has 2 heterocycles. The van der Waals surface area contributed by atoms with E-state index in [1.165, 1.54) is 51.6 Å². The van der Waals surface area contributed by atoms with Crippen LogP contribution in [0.4, 0.5) is 0 Å². The van der Waals surface area contributed by atoms with Gasteiger partial charge in [0.2, 0.25) is 0 Å². The van der Waals surface area contributed by atoms with Gasteiger partial charge in [0, 0.05) is 50.7 Å². The molecule has 0 aromatic carbocycles. The summed E-state index contributed by atoms with van der Waals surface area (Å²) in [5.41, 5.74) is 0.343. The largest absolute Gasteiger partial charge is 0.456 e. The molecule has 0 aromatic rings. The van der Waals surface area contributed by atoms with Crippen LogP contribution in [0.5, 0.6) is 0 Å². The highest BCUT2D eigenvalue weighted by Crippen LogP contribution is 2.67. The maximum absolute atomic E-state index is 12.5. The van der Waals surface area contributed by atoms with E-state index in [4.69, 9.17) is 9.47 Å². The van der Waals surface area contributed by atoms with Crippen LogP contribution in [0.25, 0.3) is 0 Å². The van der Waals surface area contributed by atoms with Gasteiger partial charge in [-0.1, -0.05) is 20.4 Å². The maximum Gasteiger partial charge on any atom is 0.303 e. The molecular formula is C32H53N2O4+. The Morgan fingerprint density at radius 1 is 1.11 bits per heavy atom. The van der Waals surface area contributed by atoms with Gasteiger partial charge in [0.15, 0.2) is 6.10 Å². The van der Waals surface area contributed by atoms with Crippen molar-refractivity contribution in [2.45, 2.75) is 103 Å². The lowest BCUT2D eigenvalue weighted by atomic mass is 9.44. The molecular weight excluding hydrogens is 476 g/mol. The number of hydrogen-bond donors (Lipinski definition) is 1. The van der Waals surface area contributed by atoms with Gasteiger partial charge in [0.1, 0.15) is 6.04 Å². The van der Waals surface area contributed by atoms with E-state index >= 15 is 0 Å². The number of aliphatic hydroxyl groups is 1. The monoisotopic (exact) mass is 529 g/mol. The summed E-state index contributed by atoms with van der Waals surface area (Å²) < 4.78 is 13.1. The van der Waals surface area contributed by atoms with Crippen LogP contribution >= 0.6 is 0 Å². The van der Waals surface area contributed by atoms with Gasteiger partial charge in [0.05, 0.1) is 39.0 Å². The number of ether oxygens (including phenoxy) is 2. The first kappa shape index (κ1) is 27.2. The van der Waals surface area contributed by atoms with Crippen LogP contribution < -0.4 is 0 Å². The van der Waals surface area contributed by atoms with Crippen LogP contribution in [-0.2, 0) is 14.3 Å². The van der Waals surface area contributed by atoms with Gasteiger partial charge in [-0.15, -0.1) is 0 Å². The summed E-state index contributed by atoms with van der Waals surface area (Å²) >= 11 is 0. The number of likely N-dealkylation sites (tertiary alicyclic amines) is 1. The summed E-state index contributed by atoms with van der Waals surface area (Å²) in [6.45, 7) is 17.7. The zero-order valence-corrected chi connectivity index (χ0v) is 24.3. The summed E-state index contributed by atoms with van der Waals surface area (Å²) in [4.78, 5) is 15.0. The zero-order valence-electron chi connectivity index (χ0n) is 24.3. The van der Waals surface area contributed by atoms with E-state index in [2.05, 4.69) is 31.4 Å². The van der Waals surface area contributed by atoms with Gasteiger partial charge < -0.3 is 19.1 Å². The molecule has 0 aromatic heterocycles. The Kier molecular flexibility index (Phi) is 7.27. The van der Waals surface area contributed by atoms with E-state index < -0.39 is 0 Å². The van der Waals surface area contributed by atoms with Crippen LogP contribution in [-0.4, -0.2) is 90.7 Å². The third kappa shape index (κ3) is 4.23. The number of fused-ring (bicyclic) bond motifs is 5. The number of esters is 1. The minimum atomic E-state index is -0.209. The highest BCUT2D eigenvalue weighted by molar-refractivity contribution is 5.66. The third-order valence-corrected chi connectivity index (χ3v) is 13.1. The third-order valence-electron chi connectivity index (χ3n) is 13.1. The first-order valence-corrected chi connectivity index (χ1v) is 15.9. The topological polar surface area (TPSA) is 59.0 Å². The Balaban J connectivity index is 1.30. The number of carbonyl (C=O) groups excluding carboxylic acids is 1. The quantitative estimate of drug-likeness (QED) is 0.325. The minimum absolute atomic E-state index is 0.0174. The molecule has 2 saturated heterocycles. The Hall–Kier alpha value is -0.950. The fourth-order valence-corrected chi connectivity index (χ4v) is 11.3. The molecule has 4 aliphatic carbocycles. The van der Waals surface area contributed by atoms with Crippen molar-refractivity contribution >= 4 is 5.97 Å². The Bertz CT molecular complexity index is 898. The molecule has 6 heteroatoms. The van der Waals surface area contributed by atoms with Gasteiger partial charge in [-0.3, -0.25) is 9.69 Å². The number of rotatable bonds is 5. The van der Waals surface area contributed by atoms with Gasteiger partial charge >= 0.3 is 5.97 Å². The molecule has 2 aliphatic heterocycles. The zero-order chi connectivity index (χ0) is 26.7. The molecule has 0 radical (unpaired) electrons. The summed E-state index contributed by atoms with van der Waals surface area (Å²) in [6.07, 6.45) is 12.7. The fourth-order valence-electron chi connectivity index (χ4n) is 11.3. The van der Waals surface area contributed by atoms with Crippen molar-refractivity contribution in [3.8, 4) is 0 Å². The average molecular weight is 530 g/mol.